The molecule has 0 atom stereocenters. The molecule has 14 heavy (non-hydrogen) atoms. The van der Waals surface area contributed by atoms with Gasteiger partial charge in [0.15, 0.2) is 0 Å². The molecule has 1 rings (SSSR count). The number of nitrogen functional groups attached to an aromatic ring is 2. The van der Waals surface area contributed by atoms with Gasteiger partial charge in [-0.05, 0) is 23.8 Å². The summed E-state index contributed by atoms with van der Waals surface area (Å²) >= 11 is 0. The number of ether oxygens (including phenoxy) is 1. The molecular weight excluding hydrogens is 178 g/mol. The van der Waals surface area contributed by atoms with Gasteiger partial charge >= 0.3 is 0 Å². The Morgan fingerprint density at radius 3 is 2.86 bits per heavy atom. The van der Waals surface area contributed by atoms with Crippen molar-refractivity contribution in [2.45, 2.75) is 6.54 Å². The first kappa shape index (κ1) is 10.8. The minimum Gasteiger partial charge on any atom is -0.399 e. The highest BCUT2D eigenvalue weighted by Gasteiger charge is 1.98. The molecular formula is C10H17N3O. The van der Waals surface area contributed by atoms with Crippen LogP contribution in [0.25, 0.3) is 0 Å². The standard InChI is InChI=1S/C10H17N3O/c1-14-5-4-13-7-8-6-9(11)2-3-10(8)12/h2-3,6,13H,4-5,7,11-12H2,1H3. The fraction of sp³-hybridized carbons (Fsp3) is 0.400. The average Bonchev–Trinajstić information content (AvgIpc) is 2.18. The van der Waals surface area contributed by atoms with Crippen LogP contribution in [0.3, 0.4) is 0 Å². The van der Waals surface area contributed by atoms with E-state index in [1.165, 1.54) is 0 Å². The van der Waals surface area contributed by atoms with Gasteiger partial charge in [-0.3, -0.25) is 0 Å². The van der Waals surface area contributed by atoms with Gasteiger partial charge in [0.2, 0.25) is 0 Å². The molecule has 4 heteroatoms. The summed E-state index contributed by atoms with van der Waals surface area (Å²) in [6.07, 6.45) is 0. The lowest BCUT2D eigenvalue weighted by atomic mass is 10.1. The van der Waals surface area contributed by atoms with Crippen LogP contribution in [0.5, 0.6) is 0 Å². The molecule has 0 spiro atoms. The number of hydrogen-bond donors (Lipinski definition) is 3. The first-order valence-electron chi connectivity index (χ1n) is 4.57. The first-order valence-corrected chi connectivity index (χ1v) is 4.57. The Balaban J connectivity index is 2.45. The minimum absolute atomic E-state index is 0.697. The zero-order chi connectivity index (χ0) is 10.4. The normalized spacial score (nSPS) is 10.4. The van der Waals surface area contributed by atoms with Crippen molar-refractivity contribution in [3.05, 3.63) is 23.8 Å². The number of rotatable bonds is 5. The van der Waals surface area contributed by atoms with Crippen molar-refractivity contribution in [1.29, 1.82) is 0 Å². The van der Waals surface area contributed by atoms with Crippen LogP contribution >= 0.6 is 0 Å². The Hall–Kier alpha value is -1.26. The van der Waals surface area contributed by atoms with E-state index in [2.05, 4.69) is 5.32 Å². The molecule has 4 nitrogen and oxygen atoms in total. The van der Waals surface area contributed by atoms with Gasteiger partial charge in [0.1, 0.15) is 0 Å². The zero-order valence-electron chi connectivity index (χ0n) is 8.42. The predicted octanol–water partition coefficient (Wildman–Crippen LogP) is 0.587. The first-order chi connectivity index (χ1) is 6.74. The van der Waals surface area contributed by atoms with Crippen LogP contribution in [0.1, 0.15) is 5.56 Å². The number of anilines is 2. The van der Waals surface area contributed by atoms with Crippen molar-refractivity contribution in [1.82, 2.24) is 5.32 Å². The van der Waals surface area contributed by atoms with Gasteiger partial charge in [-0.1, -0.05) is 0 Å². The van der Waals surface area contributed by atoms with Crippen molar-refractivity contribution in [3.8, 4) is 0 Å². The van der Waals surface area contributed by atoms with Crippen LogP contribution in [-0.4, -0.2) is 20.3 Å². The van der Waals surface area contributed by atoms with Crippen LogP contribution in [0, 0.1) is 0 Å². The lowest BCUT2D eigenvalue weighted by Gasteiger charge is -2.07. The second-order valence-corrected chi connectivity index (χ2v) is 3.13. The van der Waals surface area contributed by atoms with Crippen molar-refractivity contribution in [2.24, 2.45) is 0 Å². The summed E-state index contributed by atoms with van der Waals surface area (Å²) in [5.74, 6) is 0. The van der Waals surface area contributed by atoms with Crippen LogP contribution in [0.2, 0.25) is 0 Å². The number of nitrogens with one attached hydrogen (secondary N) is 1. The summed E-state index contributed by atoms with van der Waals surface area (Å²) in [4.78, 5) is 0. The van der Waals surface area contributed by atoms with Crippen molar-refractivity contribution in [2.75, 3.05) is 31.7 Å². The SMILES string of the molecule is COCCNCc1cc(N)ccc1N. The average molecular weight is 195 g/mol. The van der Waals surface area contributed by atoms with Gasteiger partial charge in [-0.15, -0.1) is 0 Å². The number of benzene rings is 1. The summed E-state index contributed by atoms with van der Waals surface area (Å²) in [5.41, 5.74) is 14.0. The third-order valence-electron chi connectivity index (χ3n) is 1.97. The van der Waals surface area contributed by atoms with Crippen LogP contribution in [-0.2, 0) is 11.3 Å². The van der Waals surface area contributed by atoms with Crippen molar-refractivity contribution >= 4 is 11.4 Å². The molecule has 0 saturated carbocycles. The van der Waals surface area contributed by atoms with E-state index < -0.39 is 0 Å². The Kier molecular flexibility index (Phi) is 4.22. The minimum atomic E-state index is 0.697. The molecule has 0 aromatic heterocycles. The molecule has 0 fully saturated rings. The third-order valence-corrected chi connectivity index (χ3v) is 1.97. The summed E-state index contributed by atoms with van der Waals surface area (Å²) in [6, 6.07) is 5.51. The largest absolute Gasteiger partial charge is 0.399 e. The molecule has 0 aliphatic carbocycles. The van der Waals surface area contributed by atoms with Gasteiger partial charge < -0.3 is 21.5 Å². The molecule has 0 heterocycles. The second-order valence-electron chi connectivity index (χ2n) is 3.13. The van der Waals surface area contributed by atoms with Gasteiger partial charge in [-0.2, -0.15) is 0 Å². The van der Waals surface area contributed by atoms with E-state index in [1.807, 2.05) is 12.1 Å². The molecule has 0 bridgehead atoms. The number of methoxy groups -OCH3 is 1. The zero-order valence-corrected chi connectivity index (χ0v) is 8.42. The van der Waals surface area contributed by atoms with Crippen molar-refractivity contribution in [3.63, 3.8) is 0 Å². The highest BCUT2D eigenvalue weighted by Crippen LogP contribution is 2.14. The summed E-state index contributed by atoms with van der Waals surface area (Å²) in [5, 5.41) is 3.21. The molecule has 0 unspecified atom stereocenters. The maximum Gasteiger partial charge on any atom is 0.0587 e. The molecule has 0 aliphatic rings. The fourth-order valence-electron chi connectivity index (χ4n) is 1.18. The Labute approximate surface area is 84.2 Å². The third kappa shape index (κ3) is 3.24. The van der Waals surface area contributed by atoms with Gasteiger partial charge in [0.25, 0.3) is 0 Å². The smallest absolute Gasteiger partial charge is 0.0587 e. The van der Waals surface area contributed by atoms with Gasteiger partial charge in [0.05, 0.1) is 6.61 Å². The molecule has 5 N–H and O–H groups in total. The molecule has 0 aliphatic heterocycles. The van der Waals surface area contributed by atoms with Crippen LogP contribution in [0.4, 0.5) is 11.4 Å². The van der Waals surface area contributed by atoms with Gasteiger partial charge in [0, 0.05) is 31.6 Å². The summed E-state index contributed by atoms with van der Waals surface area (Å²) in [7, 11) is 1.68. The van der Waals surface area contributed by atoms with E-state index in [-0.39, 0.29) is 0 Å². The molecule has 0 amide bonds. The molecule has 0 saturated heterocycles. The molecule has 1 aromatic carbocycles. The van der Waals surface area contributed by atoms with E-state index in [4.69, 9.17) is 16.2 Å². The number of hydrogen-bond acceptors (Lipinski definition) is 4. The fourth-order valence-corrected chi connectivity index (χ4v) is 1.18. The monoisotopic (exact) mass is 195 g/mol. The molecule has 1 aromatic rings. The maximum atomic E-state index is 5.78. The van der Waals surface area contributed by atoms with E-state index in [0.717, 1.165) is 30.0 Å². The van der Waals surface area contributed by atoms with E-state index >= 15 is 0 Å². The Morgan fingerprint density at radius 2 is 2.14 bits per heavy atom. The second kappa shape index (κ2) is 5.47. The maximum absolute atomic E-state index is 5.78. The summed E-state index contributed by atoms with van der Waals surface area (Å²) in [6.45, 7) is 2.23. The van der Waals surface area contributed by atoms with Crippen molar-refractivity contribution < 1.29 is 4.74 Å². The van der Waals surface area contributed by atoms with Crippen LogP contribution in [0.15, 0.2) is 18.2 Å². The Bertz CT molecular complexity index is 289. The van der Waals surface area contributed by atoms with Gasteiger partial charge in [-0.25, -0.2) is 0 Å². The van der Waals surface area contributed by atoms with E-state index in [1.54, 1.807) is 13.2 Å². The van der Waals surface area contributed by atoms with Crippen LogP contribution < -0.4 is 16.8 Å². The van der Waals surface area contributed by atoms with E-state index in [9.17, 15) is 0 Å². The lowest BCUT2D eigenvalue weighted by molar-refractivity contribution is 0.199. The summed E-state index contributed by atoms with van der Waals surface area (Å²) < 4.78 is 4.92. The molecule has 0 radical (unpaired) electrons. The lowest BCUT2D eigenvalue weighted by Crippen LogP contribution is -2.19. The quantitative estimate of drug-likeness (QED) is 0.475. The number of nitrogens with two attached hydrogens (primary N) is 2. The topological polar surface area (TPSA) is 73.3 Å². The predicted molar refractivity (Wildman–Crippen MR) is 58.8 cm³/mol. The Morgan fingerprint density at radius 1 is 1.36 bits per heavy atom. The highest BCUT2D eigenvalue weighted by atomic mass is 16.5. The highest BCUT2D eigenvalue weighted by molar-refractivity contribution is 5.55. The van der Waals surface area contributed by atoms with E-state index in [0.29, 0.717) is 6.61 Å². The molecule has 78 valence electrons.